The molecule has 1 aromatic rings. The summed E-state index contributed by atoms with van der Waals surface area (Å²) >= 11 is 0. The van der Waals surface area contributed by atoms with E-state index in [1.54, 1.807) is 12.1 Å². The van der Waals surface area contributed by atoms with Gasteiger partial charge in [0.2, 0.25) is 0 Å². The number of aryl methyl sites for hydroxylation is 1. The maximum absolute atomic E-state index is 12.3. The molecular formula is C19H35F3. The minimum absolute atomic E-state index is 0.565. The second-order valence-electron chi connectivity index (χ2n) is 4.01. The molecule has 0 nitrogen and oxygen atoms in total. The first-order valence-electron chi connectivity index (χ1n) is 8.70. The van der Waals surface area contributed by atoms with Gasteiger partial charge >= 0.3 is 6.18 Å². The molecule has 1 aromatic carbocycles. The summed E-state index contributed by atoms with van der Waals surface area (Å²) in [5, 5.41) is 0. The van der Waals surface area contributed by atoms with E-state index in [1.165, 1.54) is 12.8 Å². The molecule has 0 bridgehead atoms. The Hall–Kier alpha value is -0.990. The van der Waals surface area contributed by atoms with E-state index in [0.29, 0.717) is 0 Å². The third-order valence-electron chi connectivity index (χ3n) is 2.60. The van der Waals surface area contributed by atoms with Gasteiger partial charge in [-0.2, -0.15) is 13.2 Å². The molecule has 3 heteroatoms. The molecule has 1 rings (SSSR count). The number of alkyl halides is 3. The van der Waals surface area contributed by atoms with Crippen LogP contribution in [0.3, 0.4) is 0 Å². The molecular weight excluding hydrogens is 285 g/mol. The van der Waals surface area contributed by atoms with Gasteiger partial charge in [-0.1, -0.05) is 79.9 Å². The lowest BCUT2D eigenvalue weighted by Gasteiger charge is -2.07. The molecule has 0 aliphatic rings. The Labute approximate surface area is 136 Å². The monoisotopic (exact) mass is 320 g/mol. The summed E-state index contributed by atoms with van der Waals surface area (Å²) in [4.78, 5) is 0. The third-order valence-corrected chi connectivity index (χ3v) is 2.60. The van der Waals surface area contributed by atoms with Gasteiger partial charge in [0, 0.05) is 0 Å². The summed E-state index contributed by atoms with van der Waals surface area (Å²) in [5.74, 6) is 0. The molecule has 0 amide bonds. The summed E-state index contributed by atoms with van der Waals surface area (Å²) in [7, 11) is 0. The van der Waals surface area contributed by atoms with Crippen LogP contribution in [-0.2, 0) is 12.6 Å². The minimum Gasteiger partial charge on any atom is -0.166 e. The summed E-state index contributed by atoms with van der Waals surface area (Å²) in [5.41, 5.74) is 0.425. The van der Waals surface area contributed by atoms with Gasteiger partial charge in [0.05, 0.1) is 5.56 Å². The number of rotatable bonds is 5. The van der Waals surface area contributed by atoms with Crippen LogP contribution in [0.2, 0.25) is 0 Å². The molecule has 0 saturated heterocycles. The SMILES string of the molecule is CC.CC.CC.CCCCCCc1ccc(C(F)(F)F)cc1. The number of hydrogen-bond donors (Lipinski definition) is 0. The van der Waals surface area contributed by atoms with Crippen molar-refractivity contribution in [3.63, 3.8) is 0 Å². The summed E-state index contributed by atoms with van der Waals surface area (Å²) in [6.07, 6.45) is 1.23. The predicted molar refractivity (Wildman–Crippen MR) is 93.3 cm³/mol. The van der Waals surface area contributed by atoms with Crippen molar-refractivity contribution < 1.29 is 13.2 Å². The van der Waals surface area contributed by atoms with E-state index in [4.69, 9.17) is 0 Å². The van der Waals surface area contributed by atoms with Gasteiger partial charge in [0.15, 0.2) is 0 Å². The number of unbranched alkanes of at least 4 members (excludes halogenated alkanes) is 3. The van der Waals surface area contributed by atoms with E-state index < -0.39 is 11.7 Å². The molecule has 0 aliphatic carbocycles. The fourth-order valence-corrected chi connectivity index (χ4v) is 1.62. The summed E-state index contributed by atoms with van der Waals surface area (Å²) in [6, 6.07) is 5.48. The van der Waals surface area contributed by atoms with Gasteiger partial charge < -0.3 is 0 Å². The largest absolute Gasteiger partial charge is 0.416 e. The van der Waals surface area contributed by atoms with Crippen molar-refractivity contribution >= 4 is 0 Å². The highest BCUT2D eigenvalue weighted by Gasteiger charge is 2.29. The lowest BCUT2D eigenvalue weighted by atomic mass is 10.0. The van der Waals surface area contributed by atoms with Crippen LogP contribution in [0.4, 0.5) is 13.2 Å². The quantitative estimate of drug-likeness (QED) is 0.483. The summed E-state index contributed by atoms with van der Waals surface area (Å²) in [6.45, 7) is 14.1. The number of benzene rings is 1. The number of hydrogen-bond acceptors (Lipinski definition) is 0. The first kappa shape index (κ1) is 25.9. The van der Waals surface area contributed by atoms with Gasteiger partial charge in [0.25, 0.3) is 0 Å². The highest BCUT2D eigenvalue weighted by Crippen LogP contribution is 2.29. The fraction of sp³-hybridized carbons (Fsp3) is 0.684. The van der Waals surface area contributed by atoms with Crippen molar-refractivity contribution in [3.05, 3.63) is 35.4 Å². The van der Waals surface area contributed by atoms with Gasteiger partial charge in [-0.05, 0) is 30.5 Å². The molecule has 0 unspecified atom stereocenters. The molecule has 0 spiro atoms. The van der Waals surface area contributed by atoms with E-state index in [2.05, 4.69) is 6.92 Å². The Balaban J connectivity index is -0.000000535. The zero-order chi connectivity index (χ0) is 18.0. The predicted octanol–water partition coefficient (Wildman–Crippen LogP) is 7.91. The second-order valence-corrected chi connectivity index (χ2v) is 4.01. The normalized spacial score (nSPS) is 9.36. The Morgan fingerprint density at radius 1 is 0.727 bits per heavy atom. The smallest absolute Gasteiger partial charge is 0.166 e. The van der Waals surface area contributed by atoms with Crippen molar-refractivity contribution in [1.82, 2.24) is 0 Å². The van der Waals surface area contributed by atoms with Gasteiger partial charge in [0.1, 0.15) is 0 Å². The fourth-order valence-electron chi connectivity index (χ4n) is 1.62. The number of halogens is 3. The van der Waals surface area contributed by atoms with Crippen LogP contribution in [0.5, 0.6) is 0 Å². The Morgan fingerprint density at radius 2 is 1.18 bits per heavy atom. The van der Waals surface area contributed by atoms with Gasteiger partial charge in [-0.3, -0.25) is 0 Å². The van der Waals surface area contributed by atoms with Crippen LogP contribution < -0.4 is 0 Å². The molecule has 22 heavy (non-hydrogen) atoms. The van der Waals surface area contributed by atoms with Crippen LogP contribution in [-0.4, -0.2) is 0 Å². The van der Waals surface area contributed by atoms with Gasteiger partial charge in [-0.25, -0.2) is 0 Å². The third kappa shape index (κ3) is 14.0. The first-order chi connectivity index (χ1) is 10.5. The van der Waals surface area contributed by atoms with Crippen molar-refractivity contribution in [3.8, 4) is 0 Å². The van der Waals surface area contributed by atoms with E-state index >= 15 is 0 Å². The molecule has 132 valence electrons. The van der Waals surface area contributed by atoms with Crippen molar-refractivity contribution in [1.29, 1.82) is 0 Å². The molecule has 0 aliphatic heterocycles. The van der Waals surface area contributed by atoms with Crippen LogP contribution in [0.1, 0.15) is 85.3 Å². The molecule has 0 N–H and O–H groups in total. The van der Waals surface area contributed by atoms with E-state index in [9.17, 15) is 13.2 Å². The zero-order valence-corrected chi connectivity index (χ0v) is 15.5. The Kier molecular flexibility index (Phi) is 21.3. The van der Waals surface area contributed by atoms with Crippen LogP contribution in [0, 0.1) is 0 Å². The topological polar surface area (TPSA) is 0 Å². The average Bonchev–Trinajstić information content (AvgIpc) is 2.57. The maximum atomic E-state index is 12.3. The molecule has 0 radical (unpaired) electrons. The van der Waals surface area contributed by atoms with Crippen molar-refractivity contribution in [2.75, 3.05) is 0 Å². The standard InChI is InChI=1S/C13H17F3.3C2H6/c1-2-3-4-5-6-11-7-9-12(10-8-11)13(14,15)16;3*1-2/h7-10H,2-6H2,1H3;3*1-2H3. The zero-order valence-electron chi connectivity index (χ0n) is 15.5. The lowest BCUT2D eigenvalue weighted by molar-refractivity contribution is -0.137. The van der Waals surface area contributed by atoms with E-state index in [0.717, 1.165) is 37.0 Å². The molecule has 0 atom stereocenters. The van der Waals surface area contributed by atoms with Gasteiger partial charge in [-0.15, -0.1) is 0 Å². The van der Waals surface area contributed by atoms with E-state index in [-0.39, 0.29) is 0 Å². The average molecular weight is 320 g/mol. The Bertz CT molecular complexity index is 299. The Morgan fingerprint density at radius 3 is 1.55 bits per heavy atom. The molecule has 0 heterocycles. The molecule has 0 fully saturated rings. The minimum atomic E-state index is -4.22. The molecule has 0 saturated carbocycles. The summed E-state index contributed by atoms with van der Waals surface area (Å²) < 4.78 is 36.8. The molecule has 0 aromatic heterocycles. The maximum Gasteiger partial charge on any atom is 0.416 e. The van der Waals surface area contributed by atoms with Crippen LogP contribution in [0.25, 0.3) is 0 Å². The van der Waals surface area contributed by atoms with Crippen molar-refractivity contribution in [2.24, 2.45) is 0 Å². The van der Waals surface area contributed by atoms with Crippen LogP contribution >= 0.6 is 0 Å². The lowest BCUT2D eigenvalue weighted by Crippen LogP contribution is -2.04. The van der Waals surface area contributed by atoms with Crippen LogP contribution in [0.15, 0.2) is 24.3 Å². The van der Waals surface area contributed by atoms with Crippen molar-refractivity contribution in [2.45, 2.75) is 86.7 Å². The highest BCUT2D eigenvalue weighted by molar-refractivity contribution is 5.24. The van der Waals surface area contributed by atoms with E-state index in [1.807, 2.05) is 41.5 Å². The highest BCUT2D eigenvalue weighted by atomic mass is 19.4. The second kappa shape index (κ2) is 18.1. The first-order valence-corrected chi connectivity index (χ1v) is 8.70.